The zero-order chi connectivity index (χ0) is 17.2. The third kappa shape index (κ3) is 3.26. The molecule has 2 rings (SSSR count). The number of nitriles is 1. The summed E-state index contributed by atoms with van der Waals surface area (Å²) in [4.78, 5) is 12.2. The van der Waals surface area contributed by atoms with Gasteiger partial charge in [-0.3, -0.25) is 4.79 Å². The maximum atomic E-state index is 12.9. The molecule has 0 bridgehead atoms. The highest BCUT2D eigenvalue weighted by atomic mass is 19.4. The van der Waals surface area contributed by atoms with Crippen LogP contribution in [0.2, 0.25) is 0 Å². The summed E-state index contributed by atoms with van der Waals surface area (Å²) in [6.07, 6.45) is -4.81. The first-order valence-electron chi connectivity index (χ1n) is 6.36. The first kappa shape index (κ1) is 16.4. The van der Waals surface area contributed by atoms with E-state index in [-0.39, 0.29) is 11.4 Å². The quantitative estimate of drug-likeness (QED) is 0.936. The number of nitrogens with two attached hydrogens (primary N) is 1. The van der Waals surface area contributed by atoms with Gasteiger partial charge in [0.25, 0.3) is 5.91 Å². The molecule has 6 nitrogen and oxygen atoms in total. The second-order valence-electron chi connectivity index (χ2n) is 4.56. The zero-order valence-corrected chi connectivity index (χ0v) is 11.8. The van der Waals surface area contributed by atoms with Gasteiger partial charge in [0.1, 0.15) is 23.2 Å². The van der Waals surface area contributed by atoms with Crippen LogP contribution in [0.5, 0.6) is 5.75 Å². The van der Waals surface area contributed by atoms with Gasteiger partial charge in [0.2, 0.25) is 0 Å². The zero-order valence-electron chi connectivity index (χ0n) is 11.8. The van der Waals surface area contributed by atoms with Crippen LogP contribution in [0.4, 0.5) is 19.0 Å². The van der Waals surface area contributed by atoms with Crippen molar-refractivity contribution < 1.29 is 22.7 Å². The summed E-state index contributed by atoms with van der Waals surface area (Å²) in [6.45, 7) is 1.27. The Morgan fingerprint density at radius 2 is 2.09 bits per heavy atom. The number of benzene rings is 1. The van der Waals surface area contributed by atoms with E-state index in [1.165, 1.54) is 19.1 Å². The van der Waals surface area contributed by atoms with E-state index in [0.29, 0.717) is 0 Å². The molecule has 1 aromatic heterocycles. The molecule has 0 spiro atoms. The maximum absolute atomic E-state index is 12.9. The van der Waals surface area contributed by atoms with Gasteiger partial charge in [0, 0.05) is 0 Å². The van der Waals surface area contributed by atoms with Crippen molar-refractivity contribution in [3.63, 3.8) is 0 Å². The fraction of sp³-hybridized carbons (Fsp3) is 0.214. The molecule has 2 N–H and O–H groups in total. The Kier molecular flexibility index (Phi) is 4.27. The lowest BCUT2D eigenvalue weighted by Crippen LogP contribution is -2.31. The van der Waals surface area contributed by atoms with Crippen molar-refractivity contribution in [1.82, 2.24) is 9.78 Å². The molecule has 0 amide bonds. The minimum atomic E-state index is -4.61. The van der Waals surface area contributed by atoms with Gasteiger partial charge in [-0.05, 0) is 19.1 Å². The van der Waals surface area contributed by atoms with Crippen molar-refractivity contribution >= 4 is 11.7 Å². The number of nitrogen functional groups attached to an aromatic ring is 1. The van der Waals surface area contributed by atoms with Gasteiger partial charge in [-0.25, -0.2) is 0 Å². The Hall–Kier alpha value is -3.02. The molecule has 0 fully saturated rings. The highest BCUT2D eigenvalue weighted by molar-refractivity contribution is 5.86. The summed E-state index contributed by atoms with van der Waals surface area (Å²) in [7, 11) is 0. The predicted octanol–water partition coefficient (Wildman–Crippen LogP) is 2.46. The molecule has 23 heavy (non-hydrogen) atoms. The lowest BCUT2D eigenvalue weighted by molar-refractivity contribution is -0.139. The monoisotopic (exact) mass is 324 g/mol. The van der Waals surface area contributed by atoms with E-state index in [1.54, 1.807) is 6.07 Å². The Morgan fingerprint density at radius 1 is 1.43 bits per heavy atom. The van der Waals surface area contributed by atoms with Gasteiger partial charge in [-0.15, -0.1) is 0 Å². The number of carbonyl (C=O) groups excluding carboxylic acids is 1. The van der Waals surface area contributed by atoms with E-state index in [2.05, 4.69) is 5.10 Å². The molecule has 0 aliphatic heterocycles. The number of anilines is 1. The van der Waals surface area contributed by atoms with E-state index >= 15 is 0 Å². The molecular formula is C14H11F3N4O2. The molecule has 1 atom stereocenters. The highest BCUT2D eigenvalue weighted by Crippen LogP contribution is 2.36. The number of hydrogen-bond acceptors (Lipinski definition) is 5. The Balaban J connectivity index is 2.26. The first-order valence-corrected chi connectivity index (χ1v) is 6.36. The van der Waals surface area contributed by atoms with Crippen molar-refractivity contribution in [2.45, 2.75) is 19.2 Å². The van der Waals surface area contributed by atoms with Gasteiger partial charge >= 0.3 is 6.18 Å². The molecule has 0 aliphatic rings. The molecular weight excluding hydrogens is 313 g/mol. The van der Waals surface area contributed by atoms with Crippen LogP contribution >= 0.6 is 0 Å². The van der Waals surface area contributed by atoms with Gasteiger partial charge in [0.05, 0.1) is 11.8 Å². The lowest BCUT2D eigenvalue weighted by Gasteiger charge is -2.18. The van der Waals surface area contributed by atoms with Crippen LogP contribution in [-0.4, -0.2) is 21.8 Å². The number of ether oxygens (including phenoxy) is 1. The summed E-state index contributed by atoms with van der Waals surface area (Å²) < 4.78 is 44.5. The number of carbonyl (C=O) groups is 1. The van der Waals surface area contributed by atoms with Gasteiger partial charge in [-0.1, -0.05) is 12.1 Å². The number of para-hydroxylation sites is 1. The fourth-order valence-corrected chi connectivity index (χ4v) is 1.84. The molecule has 0 radical (unpaired) electrons. The predicted molar refractivity (Wildman–Crippen MR) is 73.5 cm³/mol. The lowest BCUT2D eigenvalue weighted by atomic mass is 10.2. The Bertz CT molecular complexity index is 777. The van der Waals surface area contributed by atoms with E-state index in [0.717, 1.165) is 23.0 Å². The molecule has 0 aliphatic carbocycles. The van der Waals surface area contributed by atoms with Crippen LogP contribution < -0.4 is 10.5 Å². The number of halogens is 3. The number of hydrogen-bond donors (Lipinski definition) is 1. The number of aromatic nitrogens is 2. The molecule has 0 saturated carbocycles. The molecule has 1 aromatic carbocycles. The number of rotatable bonds is 3. The molecule has 9 heteroatoms. The fourth-order valence-electron chi connectivity index (χ4n) is 1.84. The third-order valence-electron chi connectivity index (χ3n) is 2.98. The van der Waals surface area contributed by atoms with Crippen LogP contribution in [0.25, 0.3) is 0 Å². The topological polar surface area (TPSA) is 93.9 Å². The van der Waals surface area contributed by atoms with Gasteiger partial charge in [0.15, 0.2) is 6.10 Å². The standard InChI is InChI=1S/C14H11F3N4O2/c1-8(13(22)21-12(19)9(6-18)7-20-21)23-11-5-3-2-4-10(11)14(15,16)17/h2-5,7-8H,19H2,1H3/t8-/m1/s1. The molecule has 2 aromatic rings. The van der Waals surface area contributed by atoms with Crippen LogP contribution in [0.15, 0.2) is 30.5 Å². The summed E-state index contributed by atoms with van der Waals surface area (Å²) in [5.41, 5.74) is 4.56. The SMILES string of the molecule is C[C@@H](Oc1ccccc1C(F)(F)F)C(=O)n1ncc(C#N)c1N. The number of alkyl halides is 3. The van der Waals surface area contributed by atoms with Crippen LogP contribution in [0.3, 0.4) is 0 Å². The normalized spacial score (nSPS) is 12.5. The first-order chi connectivity index (χ1) is 10.8. The van der Waals surface area contributed by atoms with Crippen molar-refractivity contribution in [3.8, 4) is 11.8 Å². The minimum Gasteiger partial charge on any atom is -0.480 e. The van der Waals surface area contributed by atoms with Gasteiger partial charge in [-0.2, -0.15) is 28.2 Å². The van der Waals surface area contributed by atoms with E-state index in [4.69, 9.17) is 15.7 Å². The van der Waals surface area contributed by atoms with Crippen LogP contribution in [0, 0.1) is 11.3 Å². The smallest absolute Gasteiger partial charge is 0.419 e. The number of nitrogens with zero attached hydrogens (tertiary/aromatic N) is 3. The second-order valence-corrected chi connectivity index (χ2v) is 4.56. The summed E-state index contributed by atoms with van der Waals surface area (Å²) in [5, 5.41) is 12.4. The van der Waals surface area contributed by atoms with Crippen molar-refractivity contribution in [1.29, 1.82) is 5.26 Å². The van der Waals surface area contributed by atoms with Crippen molar-refractivity contribution in [2.24, 2.45) is 0 Å². The molecule has 1 heterocycles. The largest absolute Gasteiger partial charge is 0.480 e. The summed E-state index contributed by atoms with van der Waals surface area (Å²) >= 11 is 0. The molecule has 120 valence electrons. The average molecular weight is 324 g/mol. The van der Waals surface area contributed by atoms with Gasteiger partial charge < -0.3 is 10.5 Å². The maximum Gasteiger partial charge on any atom is 0.419 e. The molecule has 0 unspecified atom stereocenters. The van der Waals surface area contributed by atoms with Crippen LogP contribution in [-0.2, 0) is 6.18 Å². The van der Waals surface area contributed by atoms with Crippen molar-refractivity contribution in [3.05, 3.63) is 41.6 Å². The van der Waals surface area contributed by atoms with Crippen molar-refractivity contribution in [2.75, 3.05) is 5.73 Å². The van der Waals surface area contributed by atoms with E-state index < -0.39 is 29.5 Å². The summed E-state index contributed by atoms with van der Waals surface area (Å²) in [5.74, 6) is -1.47. The Labute approximate surface area is 128 Å². The average Bonchev–Trinajstić information content (AvgIpc) is 2.86. The summed E-state index contributed by atoms with van der Waals surface area (Å²) in [6, 6.07) is 6.27. The van der Waals surface area contributed by atoms with E-state index in [9.17, 15) is 18.0 Å². The minimum absolute atomic E-state index is 0.0127. The third-order valence-corrected chi connectivity index (χ3v) is 2.98. The highest BCUT2D eigenvalue weighted by Gasteiger charge is 2.35. The van der Waals surface area contributed by atoms with Crippen LogP contribution in [0.1, 0.15) is 22.8 Å². The molecule has 0 saturated heterocycles. The second kappa shape index (κ2) is 6.00. The Morgan fingerprint density at radius 3 is 2.65 bits per heavy atom. The van der Waals surface area contributed by atoms with E-state index in [1.807, 2.05) is 0 Å².